The Labute approximate surface area is 603 Å². The molecule has 9 N–H and O–H groups in total. The fourth-order valence-corrected chi connectivity index (χ4v) is 12.4. The zero-order chi connectivity index (χ0) is 71.3. The topological polar surface area (TPSA) is 232 Å². The van der Waals surface area contributed by atoms with Crippen molar-refractivity contribution in [2.24, 2.45) is 4.99 Å². The van der Waals surface area contributed by atoms with Crippen LogP contribution in [0.25, 0.3) is 66.1 Å². The van der Waals surface area contributed by atoms with E-state index >= 15 is 0 Å². The van der Waals surface area contributed by atoms with Gasteiger partial charge in [0.15, 0.2) is 0 Å². The SMILES string of the molecule is C.Cc1cc(Cl)cc(-c2ccc(C(=O)Nc3ccc(C4=NCCN4)cc3)s2)c1.Cc1ccc(/C=C/C(=O)Nc2ccc3nc(C)cc(N)c3c2)cc1.Cc1ccc2cc(C(=O)Nc3ccc4nc(C)c(C)cc4c3)ccc2c1.Cc1cccc(/C=C/C(=O)Nc2ccc3nc(C)cc(N)c3c2)c1. The maximum atomic E-state index is 12.7. The van der Waals surface area contributed by atoms with Crippen molar-refractivity contribution < 1.29 is 19.2 Å². The molecule has 17 heteroatoms. The highest BCUT2D eigenvalue weighted by molar-refractivity contribution is 7.17. The number of carbonyl (C=O) groups excluding carboxylic acids is 4. The van der Waals surface area contributed by atoms with E-state index in [1.807, 2.05) is 237 Å². The van der Waals surface area contributed by atoms with Gasteiger partial charge in [0.2, 0.25) is 11.8 Å². The third-order valence-corrected chi connectivity index (χ3v) is 17.8. The molecule has 0 fully saturated rings. The summed E-state index contributed by atoms with van der Waals surface area (Å²) >= 11 is 7.60. The highest BCUT2D eigenvalue weighted by Gasteiger charge is 2.15. The first-order valence-corrected chi connectivity index (χ1v) is 34.0. The summed E-state index contributed by atoms with van der Waals surface area (Å²) in [5, 5.41) is 20.5. The van der Waals surface area contributed by atoms with Crippen molar-refractivity contribution in [2.75, 3.05) is 45.8 Å². The van der Waals surface area contributed by atoms with Crippen molar-refractivity contribution in [2.45, 2.75) is 62.8 Å². The molecular formula is C85H80ClN11O4S. The number of nitrogens with one attached hydrogen (secondary N) is 5. The van der Waals surface area contributed by atoms with E-state index in [1.165, 1.54) is 34.6 Å². The van der Waals surface area contributed by atoms with Gasteiger partial charge in [0.25, 0.3) is 11.8 Å². The van der Waals surface area contributed by atoms with Crippen molar-refractivity contribution in [1.82, 2.24) is 20.3 Å². The number of halogens is 1. The van der Waals surface area contributed by atoms with Gasteiger partial charge in [0.1, 0.15) is 5.84 Å². The number of nitrogens with two attached hydrogens (primary N) is 2. The maximum Gasteiger partial charge on any atom is 0.265 e. The van der Waals surface area contributed by atoms with Crippen molar-refractivity contribution in [3.63, 3.8) is 0 Å². The van der Waals surface area contributed by atoms with E-state index in [4.69, 9.17) is 23.1 Å². The molecule has 4 amide bonds. The summed E-state index contributed by atoms with van der Waals surface area (Å²) in [4.78, 5) is 68.9. The standard InChI is InChI=1S/C23H20N2O.C21H18ClN3OS.2C20H19N3O.CH4/c1-14-4-5-18-12-19(7-6-17(18)10-14)23(26)25-21-8-9-22-20(13-21)11-15(2)16(3)24-22;1-13-10-15(12-16(22)11-13)18-6-7-19(27-18)21(26)25-17-4-2-14(3-5-17)20-23-8-9-24-20;1-13-3-5-15(6-4-13)7-10-20(24)23-16-8-9-19-17(12-16)18(21)11-14(2)22-19;1-13-4-3-5-15(10-13)6-9-20(24)23-16-7-8-19-17(12-16)18(21)11-14(2)22-19;/h4-13H,1-3H3,(H,25,26);2-7,10-12H,8-9H2,1H3,(H,23,24)(H,25,26);2*3-12H,1-2H3,(H2,21,22)(H,23,24);1H4/b;;10-7+;9-6+;. The van der Waals surface area contributed by atoms with Crippen molar-refractivity contribution >= 4 is 142 Å². The van der Waals surface area contributed by atoms with E-state index in [1.54, 1.807) is 12.2 Å². The number of anilines is 6. The number of carbonyl (C=O) groups is 4. The van der Waals surface area contributed by atoms with Gasteiger partial charge in [0, 0.05) is 107 Å². The predicted molar refractivity (Wildman–Crippen MR) is 427 cm³/mol. The second kappa shape index (κ2) is 33.2. The van der Waals surface area contributed by atoms with E-state index in [-0.39, 0.29) is 31.1 Å². The van der Waals surface area contributed by atoms with Crippen LogP contribution < -0.4 is 38.1 Å². The Morgan fingerprint density at radius 1 is 0.471 bits per heavy atom. The molecule has 13 aromatic rings. The van der Waals surface area contributed by atoms with Crippen LogP contribution in [0.1, 0.15) is 89.0 Å². The Kier molecular flexibility index (Phi) is 23.6. The van der Waals surface area contributed by atoms with Gasteiger partial charge in [-0.3, -0.25) is 39.1 Å². The Morgan fingerprint density at radius 3 is 1.68 bits per heavy atom. The number of aliphatic imine (C=N–C) groups is 1. The molecule has 0 aliphatic carbocycles. The number of nitrogens with zero attached hydrogens (tertiary/aromatic N) is 4. The smallest absolute Gasteiger partial charge is 0.265 e. The lowest BCUT2D eigenvalue weighted by Gasteiger charge is -2.09. The van der Waals surface area contributed by atoms with Gasteiger partial charge in [-0.2, -0.15) is 0 Å². The Balaban J connectivity index is 0.000000146. The molecule has 102 heavy (non-hydrogen) atoms. The Morgan fingerprint density at radius 2 is 1.05 bits per heavy atom. The molecule has 0 spiro atoms. The monoisotopic (exact) mass is 1390 g/mol. The molecular weight excluding hydrogens is 1310 g/mol. The molecule has 0 atom stereocenters. The minimum absolute atomic E-state index is 0. The van der Waals surface area contributed by atoms with Crippen LogP contribution in [0.4, 0.5) is 34.1 Å². The lowest BCUT2D eigenvalue weighted by Crippen LogP contribution is -2.19. The summed E-state index contributed by atoms with van der Waals surface area (Å²) in [6, 6.07) is 68.0. The van der Waals surface area contributed by atoms with Gasteiger partial charge >= 0.3 is 0 Å². The first-order valence-electron chi connectivity index (χ1n) is 32.8. The van der Waals surface area contributed by atoms with Gasteiger partial charge in [-0.25, -0.2) is 0 Å². The number of amidine groups is 1. The quantitative estimate of drug-likeness (QED) is 0.0572. The first kappa shape index (κ1) is 72.6. The molecule has 9 aromatic carbocycles. The molecule has 512 valence electrons. The van der Waals surface area contributed by atoms with Crippen LogP contribution in [-0.2, 0) is 9.59 Å². The average Bonchev–Trinajstić information content (AvgIpc) is 1.10. The summed E-state index contributed by atoms with van der Waals surface area (Å²) in [7, 11) is 0. The number of thiophene rings is 1. The summed E-state index contributed by atoms with van der Waals surface area (Å²) < 4.78 is 0. The molecule has 1 aliphatic heterocycles. The third-order valence-electron chi connectivity index (χ3n) is 16.5. The van der Waals surface area contributed by atoms with Gasteiger partial charge in [-0.05, 0) is 240 Å². The average molecular weight is 1390 g/mol. The summed E-state index contributed by atoms with van der Waals surface area (Å²) in [6.45, 7) is 17.7. The number of aryl methyl sites for hydroxylation is 8. The number of rotatable bonds is 12. The Hall–Kier alpha value is -12.1. The van der Waals surface area contributed by atoms with Crippen LogP contribution in [0.5, 0.6) is 0 Å². The highest BCUT2D eigenvalue weighted by atomic mass is 35.5. The van der Waals surface area contributed by atoms with Crippen LogP contribution in [0.15, 0.2) is 229 Å². The zero-order valence-corrected chi connectivity index (χ0v) is 58.9. The van der Waals surface area contributed by atoms with Crippen LogP contribution >= 0.6 is 22.9 Å². The second-order valence-corrected chi connectivity index (χ2v) is 26.3. The molecule has 14 rings (SSSR count). The van der Waals surface area contributed by atoms with Gasteiger partial charge in [0.05, 0.1) is 28.0 Å². The van der Waals surface area contributed by atoms with Crippen molar-refractivity contribution in [3.05, 3.63) is 302 Å². The molecule has 0 radical (unpaired) electrons. The summed E-state index contributed by atoms with van der Waals surface area (Å²) in [6.07, 6.45) is 6.62. The normalized spacial score (nSPS) is 11.5. The van der Waals surface area contributed by atoms with Crippen LogP contribution in [0.3, 0.4) is 0 Å². The highest BCUT2D eigenvalue weighted by Crippen LogP contribution is 2.33. The number of fused-ring (bicyclic) bond motifs is 4. The largest absolute Gasteiger partial charge is 0.398 e. The summed E-state index contributed by atoms with van der Waals surface area (Å²) in [5.41, 5.74) is 32.1. The lowest BCUT2D eigenvalue weighted by molar-refractivity contribution is -0.112. The van der Waals surface area contributed by atoms with Crippen LogP contribution in [-0.4, -0.2) is 57.5 Å². The van der Waals surface area contributed by atoms with Gasteiger partial charge in [-0.15, -0.1) is 11.3 Å². The first-order chi connectivity index (χ1) is 48.6. The predicted octanol–water partition coefficient (Wildman–Crippen LogP) is 19.4. The number of hydrogen-bond donors (Lipinski definition) is 7. The molecule has 0 unspecified atom stereocenters. The van der Waals surface area contributed by atoms with E-state index in [2.05, 4.69) is 77.7 Å². The molecule has 0 saturated heterocycles. The Bertz CT molecular complexity index is 5370. The van der Waals surface area contributed by atoms with E-state index < -0.39 is 0 Å². The van der Waals surface area contributed by atoms with Gasteiger partial charge < -0.3 is 38.1 Å². The number of aromatic nitrogens is 3. The minimum atomic E-state index is -0.187. The molecule has 0 bridgehead atoms. The zero-order valence-electron chi connectivity index (χ0n) is 57.3. The van der Waals surface area contributed by atoms with Crippen LogP contribution in [0, 0.1) is 55.4 Å². The molecule has 1 aliphatic rings. The third kappa shape index (κ3) is 19.4. The second-order valence-electron chi connectivity index (χ2n) is 24.8. The van der Waals surface area contributed by atoms with E-state index in [9.17, 15) is 19.2 Å². The van der Waals surface area contributed by atoms with E-state index in [0.29, 0.717) is 38.2 Å². The van der Waals surface area contributed by atoms with Gasteiger partial charge in [-0.1, -0.05) is 115 Å². The molecule has 4 aromatic heterocycles. The van der Waals surface area contributed by atoms with Crippen LogP contribution in [0.2, 0.25) is 5.02 Å². The number of hydrogen-bond acceptors (Lipinski definition) is 12. The molecule has 15 nitrogen and oxygen atoms in total. The fraction of sp³-hybridized carbons (Fsp3) is 0.129. The van der Waals surface area contributed by atoms with E-state index in [0.717, 1.165) is 135 Å². The maximum absolute atomic E-state index is 12.7. The number of amides is 4. The number of nitrogen functional groups attached to an aromatic ring is 2. The number of pyridine rings is 3. The van der Waals surface area contributed by atoms with Crippen molar-refractivity contribution in [3.8, 4) is 10.4 Å². The fourth-order valence-electron chi connectivity index (χ4n) is 11.3. The minimum Gasteiger partial charge on any atom is -0.398 e. The number of benzene rings is 9. The molecule has 5 heterocycles. The molecule has 0 saturated carbocycles. The summed E-state index contributed by atoms with van der Waals surface area (Å²) in [5.74, 6) is 0.313. The lowest BCUT2D eigenvalue weighted by atomic mass is 10.0. The van der Waals surface area contributed by atoms with Crippen molar-refractivity contribution in [1.29, 1.82) is 0 Å².